The van der Waals surface area contributed by atoms with Crippen LogP contribution in [0.5, 0.6) is 17.2 Å². The molecule has 8 heteroatoms. The van der Waals surface area contributed by atoms with Crippen LogP contribution in [0, 0.1) is 5.92 Å². The van der Waals surface area contributed by atoms with Crippen molar-refractivity contribution in [2.75, 3.05) is 13.7 Å². The van der Waals surface area contributed by atoms with E-state index in [1.54, 1.807) is 12.1 Å². The van der Waals surface area contributed by atoms with E-state index in [1.165, 1.54) is 39.2 Å². The fraction of sp³-hybridized carbons (Fsp3) is 0.292. The standard InChI is InChI=1S/C24H22O8/c1-11(25)15-9-21-16(8-17(15)27)23-22(13-4-5-20(30-3)18(28)6-13)14(10-31-12(2)26)7-19(29)24(23)32-21/h4-6,8-9,14,22,27-28H,7,10H2,1-3H3. The molecule has 3 aromatic rings. The number of furan rings is 1. The zero-order chi connectivity index (χ0) is 23.2. The van der Waals surface area contributed by atoms with Crippen LogP contribution in [0.25, 0.3) is 11.0 Å². The molecule has 2 unspecified atom stereocenters. The summed E-state index contributed by atoms with van der Waals surface area (Å²) in [6.07, 6.45) is 0.0586. The summed E-state index contributed by atoms with van der Waals surface area (Å²) in [4.78, 5) is 36.2. The van der Waals surface area contributed by atoms with Crippen molar-refractivity contribution < 1.29 is 38.5 Å². The van der Waals surface area contributed by atoms with Crippen LogP contribution in [0.2, 0.25) is 0 Å². The fourth-order valence-electron chi connectivity index (χ4n) is 4.35. The third-order valence-electron chi connectivity index (χ3n) is 5.77. The molecule has 1 aliphatic carbocycles. The molecule has 1 aromatic heterocycles. The summed E-state index contributed by atoms with van der Waals surface area (Å²) in [6, 6.07) is 7.73. The number of fused-ring (bicyclic) bond motifs is 3. The van der Waals surface area contributed by atoms with Gasteiger partial charge in [0.05, 0.1) is 19.3 Å². The average molecular weight is 438 g/mol. The highest BCUT2D eigenvalue weighted by Crippen LogP contribution is 2.48. The quantitative estimate of drug-likeness (QED) is 0.453. The predicted octanol–water partition coefficient (Wildman–Crippen LogP) is 3.95. The minimum absolute atomic E-state index is 0.0117. The molecule has 1 heterocycles. The molecule has 8 nitrogen and oxygen atoms in total. The van der Waals surface area contributed by atoms with Crippen molar-refractivity contribution in [3.8, 4) is 17.2 Å². The number of methoxy groups -OCH3 is 1. The zero-order valence-electron chi connectivity index (χ0n) is 17.8. The van der Waals surface area contributed by atoms with Crippen LogP contribution >= 0.6 is 0 Å². The van der Waals surface area contributed by atoms with E-state index in [0.717, 1.165) is 0 Å². The Morgan fingerprint density at radius 2 is 1.88 bits per heavy atom. The van der Waals surface area contributed by atoms with Gasteiger partial charge < -0.3 is 24.1 Å². The Labute approximate surface area is 183 Å². The summed E-state index contributed by atoms with van der Waals surface area (Å²) < 4.78 is 16.2. The molecule has 4 rings (SSSR count). The SMILES string of the molecule is COc1ccc(C2c3c(oc4cc(C(C)=O)c(O)cc34)C(=O)CC2COC(C)=O)cc1O. The summed E-state index contributed by atoms with van der Waals surface area (Å²) in [5.41, 5.74) is 1.56. The highest BCUT2D eigenvalue weighted by molar-refractivity contribution is 6.06. The van der Waals surface area contributed by atoms with Gasteiger partial charge in [0.2, 0.25) is 0 Å². The molecule has 2 aromatic carbocycles. The lowest BCUT2D eigenvalue weighted by Crippen LogP contribution is -2.29. The Morgan fingerprint density at radius 1 is 1.12 bits per heavy atom. The first-order valence-electron chi connectivity index (χ1n) is 10.0. The first-order chi connectivity index (χ1) is 15.2. The van der Waals surface area contributed by atoms with Crippen molar-refractivity contribution in [2.45, 2.75) is 26.2 Å². The van der Waals surface area contributed by atoms with Gasteiger partial charge in [-0.25, -0.2) is 0 Å². The van der Waals surface area contributed by atoms with Gasteiger partial charge in [0, 0.05) is 36.1 Å². The second kappa shape index (κ2) is 8.03. The van der Waals surface area contributed by atoms with Crippen LogP contribution in [-0.4, -0.2) is 41.5 Å². The minimum Gasteiger partial charge on any atom is -0.507 e. The molecule has 0 bridgehead atoms. The summed E-state index contributed by atoms with van der Waals surface area (Å²) in [5, 5.41) is 21.2. The molecule has 2 N–H and O–H groups in total. The first kappa shape index (κ1) is 21.4. The normalized spacial score (nSPS) is 17.8. The predicted molar refractivity (Wildman–Crippen MR) is 113 cm³/mol. The van der Waals surface area contributed by atoms with E-state index < -0.39 is 17.8 Å². The van der Waals surface area contributed by atoms with Gasteiger partial charge in [-0.3, -0.25) is 14.4 Å². The largest absolute Gasteiger partial charge is 0.507 e. The van der Waals surface area contributed by atoms with E-state index in [-0.39, 0.29) is 53.2 Å². The van der Waals surface area contributed by atoms with E-state index in [4.69, 9.17) is 13.9 Å². The molecule has 0 saturated heterocycles. The number of carbonyl (C=O) groups excluding carboxylic acids is 3. The Hall–Kier alpha value is -3.81. The van der Waals surface area contributed by atoms with Gasteiger partial charge in [-0.15, -0.1) is 0 Å². The lowest BCUT2D eigenvalue weighted by Gasteiger charge is -2.31. The second-order valence-electron chi connectivity index (χ2n) is 7.87. The molecular formula is C24H22O8. The van der Waals surface area contributed by atoms with Crippen LogP contribution in [0.4, 0.5) is 0 Å². The van der Waals surface area contributed by atoms with Crippen molar-refractivity contribution in [2.24, 2.45) is 5.92 Å². The maximum atomic E-state index is 12.9. The second-order valence-corrected chi connectivity index (χ2v) is 7.87. The highest BCUT2D eigenvalue weighted by atomic mass is 16.5. The summed E-state index contributed by atoms with van der Waals surface area (Å²) >= 11 is 0. The summed E-state index contributed by atoms with van der Waals surface area (Å²) in [5.74, 6) is -1.88. The van der Waals surface area contributed by atoms with E-state index in [9.17, 15) is 24.6 Å². The van der Waals surface area contributed by atoms with Crippen LogP contribution in [-0.2, 0) is 9.53 Å². The number of esters is 1. The molecule has 166 valence electrons. The third kappa shape index (κ3) is 3.57. The van der Waals surface area contributed by atoms with Crippen molar-refractivity contribution in [3.63, 3.8) is 0 Å². The number of Topliss-reactive ketones (excluding diaryl/α,β-unsaturated/α-hetero) is 2. The van der Waals surface area contributed by atoms with Crippen molar-refractivity contribution in [1.82, 2.24) is 0 Å². The summed E-state index contributed by atoms with van der Waals surface area (Å²) in [6.45, 7) is 2.61. The van der Waals surface area contributed by atoms with Crippen molar-refractivity contribution >= 4 is 28.5 Å². The van der Waals surface area contributed by atoms with Crippen LogP contribution in [0.3, 0.4) is 0 Å². The molecule has 0 saturated carbocycles. The molecule has 0 amide bonds. The maximum absolute atomic E-state index is 12.9. The van der Waals surface area contributed by atoms with Gasteiger partial charge in [-0.2, -0.15) is 0 Å². The summed E-state index contributed by atoms with van der Waals surface area (Å²) in [7, 11) is 1.44. The number of phenols is 2. The Balaban J connectivity index is 1.95. The van der Waals surface area contributed by atoms with Gasteiger partial charge in [0.15, 0.2) is 28.8 Å². The smallest absolute Gasteiger partial charge is 0.302 e. The number of aromatic hydroxyl groups is 2. The molecule has 0 aliphatic heterocycles. The van der Waals surface area contributed by atoms with Gasteiger partial charge in [0.1, 0.15) is 11.3 Å². The van der Waals surface area contributed by atoms with Gasteiger partial charge in [0.25, 0.3) is 0 Å². The average Bonchev–Trinajstić information content (AvgIpc) is 3.10. The topological polar surface area (TPSA) is 123 Å². The maximum Gasteiger partial charge on any atom is 0.302 e. The van der Waals surface area contributed by atoms with Crippen LogP contribution in [0.15, 0.2) is 34.7 Å². The van der Waals surface area contributed by atoms with E-state index in [2.05, 4.69) is 0 Å². The van der Waals surface area contributed by atoms with Crippen LogP contribution < -0.4 is 4.74 Å². The number of hydrogen-bond donors (Lipinski definition) is 2. The van der Waals surface area contributed by atoms with Gasteiger partial charge >= 0.3 is 5.97 Å². The number of phenolic OH excluding ortho intramolecular Hbond substituents is 2. The number of benzene rings is 2. The zero-order valence-corrected chi connectivity index (χ0v) is 17.8. The Morgan fingerprint density at radius 3 is 2.50 bits per heavy atom. The van der Waals surface area contributed by atoms with Crippen molar-refractivity contribution in [3.05, 3.63) is 52.8 Å². The molecular weight excluding hydrogens is 416 g/mol. The number of ether oxygens (including phenoxy) is 2. The van der Waals surface area contributed by atoms with E-state index in [0.29, 0.717) is 22.1 Å². The molecule has 0 fully saturated rings. The Bertz CT molecular complexity index is 1250. The minimum atomic E-state index is -0.484. The first-order valence-corrected chi connectivity index (χ1v) is 10.0. The number of carbonyl (C=O) groups is 3. The number of ketones is 2. The third-order valence-corrected chi connectivity index (χ3v) is 5.77. The van der Waals surface area contributed by atoms with Crippen LogP contribution in [0.1, 0.15) is 58.2 Å². The van der Waals surface area contributed by atoms with Crippen molar-refractivity contribution in [1.29, 1.82) is 0 Å². The molecule has 2 atom stereocenters. The Kier molecular flexibility index (Phi) is 5.38. The highest BCUT2D eigenvalue weighted by Gasteiger charge is 2.40. The lowest BCUT2D eigenvalue weighted by atomic mass is 9.73. The molecule has 0 radical (unpaired) electrons. The van der Waals surface area contributed by atoms with E-state index >= 15 is 0 Å². The van der Waals surface area contributed by atoms with Gasteiger partial charge in [-0.05, 0) is 36.8 Å². The number of rotatable bonds is 5. The number of hydrogen-bond acceptors (Lipinski definition) is 8. The lowest BCUT2D eigenvalue weighted by molar-refractivity contribution is -0.142. The fourth-order valence-corrected chi connectivity index (χ4v) is 4.35. The van der Waals surface area contributed by atoms with Gasteiger partial charge in [-0.1, -0.05) is 6.07 Å². The molecule has 32 heavy (non-hydrogen) atoms. The monoisotopic (exact) mass is 438 g/mol. The molecule has 0 spiro atoms. The van der Waals surface area contributed by atoms with E-state index in [1.807, 2.05) is 0 Å². The molecule has 1 aliphatic rings.